The van der Waals surface area contributed by atoms with Crippen LogP contribution in [0, 0.1) is 5.92 Å². The zero-order valence-electron chi connectivity index (χ0n) is 11.4. The quantitative estimate of drug-likeness (QED) is 0.840. The third kappa shape index (κ3) is 2.92. The van der Waals surface area contributed by atoms with Gasteiger partial charge < -0.3 is 5.32 Å². The highest BCUT2D eigenvalue weighted by atomic mass is 16.1. The van der Waals surface area contributed by atoms with E-state index in [0.717, 1.165) is 24.9 Å². The maximum atomic E-state index is 12.2. The van der Waals surface area contributed by atoms with Crippen LogP contribution < -0.4 is 5.32 Å². The lowest BCUT2D eigenvalue weighted by Gasteiger charge is -2.17. The summed E-state index contributed by atoms with van der Waals surface area (Å²) in [7, 11) is 0. The van der Waals surface area contributed by atoms with Gasteiger partial charge in [-0.05, 0) is 36.8 Å². The molecule has 1 aliphatic rings. The third-order valence-electron chi connectivity index (χ3n) is 4.09. The highest BCUT2D eigenvalue weighted by Gasteiger charge is 2.23. The van der Waals surface area contributed by atoms with E-state index in [4.69, 9.17) is 0 Å². The van der Waals surface area contributed by atoms with Crippen molar-refractivity contribution in [2.45, 2.75) is 51.9 Å². The van der Waals surface area contributed by atoms with Gasteiger partial charge in [0.15, 0.2) is 0 Å². The molecule has 0 aliphatic heterocycles. The van der Waals surface area contributed by atoms with E-state index in [-0.39, 0.29) is 11.8 Å². The smallest absolute Gasteiger partial charge is 0.227 e. The fourth-order valence-electron chi connectivity index (χ4n) is 2.68. The molecule has 0 aromatic heterocycles. The van der Waals surface area contributed by atoms with Crippen LogP contribution >= 0.6 is 0 Å². The number of para-hydroxylation sites is 1. The van der Waals surface area contributed by atoms with Gasteiger partial charge >= 0.3 is 0 Å². The molecule has 1 aromatic rings. The topological polar surface area (TPSA) is 29.1 Å². The number of carbonyl (C=O) groups is 1. The number of anilines is 1. The summed E-state index contributed by atoms with van der Waals surface area (Å²) >= 11 is 0. The first-order chi connectivity index (χ1) is 8.72. The standard InChI is InChI=1S/C16H23NO/c1-3-12(2)14-10-6-7-11-15(14)17-16(18)13-8-4-5-9-13/h6-7,10-13H,3-5,8-9H2,1-2H3,(H,17,18). The molecule has 1 saturated carbocycles. The number of hydrogen-bond acceptors (Lipinski definition) is 1. The first-order valence-electron chi connectivity index (χ1n) is 7.12. The Morgan fingerprint density at radius 2 is 2.00 bits per heavy atom. The monoisotopic (exact) mass is 245 g/mol. The summed E-state index contributed by atoms with van der Waals surface area (Å²) in [6, 6.07) is 8.19. The molecule has 98 valence electrons. The SMILES string of the molecule is CCC(C)c1ccccc1NC(=O)C1CCCC1. The normalized spacial score (nSPS) is 17.7. The van der Waals surface area contributed by atoms with Gasteiger partial charge in [0, 0.05) is 11.6 Å². The van der Waals surface area contributed by atoms with Gasteiger partial charge in [-0.3, -0.25) is 4.79 Å². The highest BCUT2D eigenvalue weighted by Crippen LogP contribution is 2.29. The maximum Gasteiger partial charge on any atom is 0.227 e. The van der Waals surface area contributed by atoms with Gasteiger partial charge in [-0.25, -0.2) is 0 Å². The van der Waals surface area contributed by atoms with Crippen LogP contribution in [0.25, 0.3) is 0 Å². The van der Waals surface area contributed by atoms with E-state index in [1.54, 1.807) is 0 Å². The summed E-state index contributed by atoms with van der Waals surface area (Å²) in [5.74, 6) is 0.934. The van der Waals surface area contributed by atoms with E-state index in [1.165, 1.54) is 18.4 Å². The molecule has 0 bridgehead atoms. The zero-order valence-corrected chi connectivity index (χ0v) is 11.4. The van der Waals surface area contributed by atoms with Crippen LogP contribution in [0.3, 0.4) is 0 Å². The maximum absolute atomic E-state index is 12.2. The number of rotatable bonds is 4. The molecule has 1 atom stereocenters. The Kier molecular flexibility index (Phi) is 4.40. The molecule has 1 fully saturated rings. The minimum Gasteiger partial charge on any atom is -0.326 e. The molecule has 0 saturated heterocycles. The number of nitrogens with one attached hydrogen (secondary N) is 1. The first kappa shape index (κ1) is 13.1. The molecule has 18 heavy (non-hydrogen) atoms. The molecular weight excluding hydrogens is 222 g/mol. The second-order valence-corrected chi connectivity index (χ2v) is 5.37. The molecule has 1 unspecified atom stereocenters. The molecule has 1 amide bonds. The summed E-state index contributed by atoms with van der Waals surface area (Å²) in [4.78, 5) is 12.2. The molecule has 1 aliphatic carbocycles. The van der Waals surface area contributed by atoms with E-state index in [9.17, 15) is 4.79 Å². The summed E-state index contributed by atoms with van der Waals surface area (Å²) in [5, 5.41) is 3.13. The molecule has 0 heterocycles. The minimum atomic E-state index is 0.211. The molecule has 1 N–H and O–H groups in total. The average molecular weight is 245 g/mol. The van der Waals surface area contributed by atoms with Crippen LogP contribution in [-0.2, 0) is 4.79 Å². The lowest BCUT2D eigenvalue weighted by molar-refractivity contribution is -0.119. The lowest BCUT2D eigenvalue weighted by Crippen LogP contribution is -2.21. The van der Waals surface area contributed by atoms with Crippen molar-refractivity contribution in [1.82, 2.24) is 0 Å². The molecule has 1 aromatic carbocycles. The van der Waals surface area contributed by atoms with Crippen molar-refractivity contribution in [3.63, 3.8) is 0 Å². The Hall–Kier alpha value is -1.31. The number of hydrogen-bond donors (Lipinski definition) is 1. The summed E-state index contributed by atoms with van der Waals surface area (Å²) in [5.41, 5.74) is 2.26. The van der Waals surface area contributed by atoms with Gasteiger partial charge in [-0.15, -0.1) is 0 Å². The second-order valence-electron chi connectivity index (χ2n) is 5.37. The first-order valence-corrected chi connectivity index (χ1v) is 7.12. The molecule has 2 nitrogen and oxygen atoms in total. The van der Waals surface area contributed by atoms with E-state index in [0.29, 0.717) is 5.92 Å². The zero-order chi connectivity index (χ0) is 13.0. The van der Waals surface area contributed by atoms with Gasteiger partial charge in [0.05, 0.1) is 0 Å². The average Bonchev–Trinajstić information content (AvgIpc) is 2.92. The van der Waals surface area contributed by atoms with Gasteiger partial charge in [-0.2, -0.15) is 0 Å². The second kappa shape index (κ2) is 6.03. The summed E-state index contributed by atoms with van der Waals surface area (Å²) < 4.78 is 0. The van der Waals surface area contributed by atoms with Crippen LogP contribution in [0.4, 0.5) is 5.69 Å². The van der Waals surface area contributed by atoms with Gasteiger partial charge in [0.2, 0.25) is 5.91 Å². The molecular formula is C16H23NO. The third-order valence-corrected chi connectivity index (χ3v) is 4.09. The van der Waals surface area contributed by atoms with E-state index in [1.807, 2.05) is 18.2 Å². The van der Waals surface area contributed by atoms with E-state index in [2.05, 4.69) is 25.2 Å². The molecule has 2 rings (SSSR count). The van der Waals surface area contributed by atoms with Crippen LogP contribution in [0.15, 0.2) is 24.3 Å². The van der Waals surface area contributed by atoms with Gasteiger partial charge in [-0.1, -0.05) is 44.9 Å². The Morgan fingerprint density at radius 3 is 2.67 bits per heavy atom. The van der Waals surface area contributed by atoms with Crippen molar-refractivity contribution in [3.8, 4) is 0 Å². The van der Waals surface area contributed by atoms with Crippen molar-refractivity contribution in [2.75, 3.05) is 5.32 Å². The van der Waals surface area contributed by atoms with Crippen molar-refractivity contribution in [2.24, 2.45) is 5.92 Å². The molecule has 2 heteroatoms. The predicted molar refractivity (Wildman–Crippen MR) is 75.7 cm³/mol. The Bertz CT molecular complexity index is 407. The lowest BCUT2D eigenvalue weighted by atomic mass is 9.96. The Balaban J connectivity index is 2.10. The predicted octanol–water partition coefficient (Wildman–Crippen LogP) is 4.33. The number of benzene rings is 1. The molecule has 0 radical (unpaired) electrons. The van der Waals surface area contributed by atoms with Crippen molar-refractivity contribution >= 4 is 11.6 Å². The van der Waals surface area contributed by atoms with Crippen LogP contribution in [0.1, 0.15) is 57.4 Å². The summed E-state index contributed by atoms with van der Waals surface area (Å²) in [6.45, 7) is 4.39. The van der Waals surface area contributed by atoms with Crippen LogP contribution in [0.5, 0.6) is 0 Å². The van der Waals surface area contributed by atoms with E-state index >= 15 is 0 Å². The summed E-state index contributed by atoms with van der Waals surface area (Å²) in [6.07, 6.45) is 5.60. The van der Waals surface area contributed by atoms with Crippen molar-refractivity contribution in [3.05, 3.63) is 29.8 Å². The minimum absolute atomic E-state index is 0.211. The number of carbonyl (C=O) groups excluding carboxylic acids is 1. The van der Waals surface area contributed by atoms with Crippen LogP contribution in [-0.4, -0.2) is 5.91 Å². The Labute approximate surface area is 110 Å². The number of amides is 1. The highest BCUT2D eigenvalue weighted by molar-refractivity contribution is 5.93. The Morgan fingerprint density at radius 1 is 1.33 bits per heavy atom. The molecule has 0 spiro atoms. The van der Waals surface area contributed by atoms with Crippen LogP contribution in [0.2, 0.25) is 0 Å². The fourth-order valence-corrected chi connectivity index (χ4v) is 2.68. The fraction of sp³-hybridized carbons (Fsp3) is 0.562. The largest absolute Gasteiger partial charge is 0.326 e. The van der Waals surface area contributed by atoms with Gasteiger partial charge in [0.25, 0.3) is 0 Å². The van der Waals surface area contributed by atoms with Gasteiger partial charge in [0.1, 0.15) is 0 Å². The van der Waals surface area contributed by atoms with Crippen molar-refractivity contribution in [1.29, 1.82) is 0 Å². The van der Waals surface area contributed by atoms with Crippen molar-refractivity contribution < 1.29 is 4.79 Å². The van der Waals surface area contributed by atoms with E-state index < -0.39 is 0 Å².